The highest BCUT2D eigenvalue weighted by atomic mass is 14.5. The van der Waals surface area contributed by atoms with Crippen LogP contribution in [0.5, 0.6) is 0 Å². The molecule has 2 N–H and O–H groups in total. The van der Waals surface area contributed by atoms with Crippen molar-refractivity contribution >= 4 is 0 Å². The maximum atomic E-state index is 5.57. The zero-order chi connectivity index (χ0) is 10.6. The SMILES string of the molecule is CCCCCCCCCC[C@H](C)CN. The van der Waals surface area contributed by atoms with Gasteiger partial charge >= 0.3 is 0 Å². The van der Waals surface area contributed by atoms with Crippen LogP contribution in [0.4, 0.5) is 0 Å². The Morgan fingerprint density at radius 3 is 1.86 bits per heavy atom. The quantitative estimate of drug-likeness (QED) is 0.526. The minimum Gasteiger partial charge on any atom is -0.330 e. The number of hydrogen-bond acceptors (Lipinski definition) is 1. The molecule has 0 aromatic rings. The van der Waals surface area contributed by atoms with E-state index in [-0.39, 0.29) is 0 Å². The molecular weight excluding hydrogens is 170 g/mol. The van der Waals surface area contributed by atoms with Crippen molar-refractivity contribution in [3.8, 4) is 0 Å². The third-order valence-electron chi connectivity index (χ3n) is 2.95. The van der Waals surface area contributed by atoms with Gasteiger partial charge in [0.05, 0.1) is 0 Å². The third-order valence-corrected chi connectivity index (χ3v) is 2.95. The Morgan fingerprint density at radius 1 is 0.857 bits per heavy atom. The molecule has 0 aromatic carbocycles. The highest BCUT2D eigenvalue weighted by Gasteiger charge is 1.98. The normalized spacial score (nSPS) is 13.1. The van der Waals surface area contributed by atoms with Gasteiger partial charge in [0.25, 0.3) is 0 Å². The predicted molar refractivity (Wildman–Crippen MR) is 65.4 cm³/mol. The maximum Gasteiger partial charge on any atom is -0.00515 e. The van der Waals surface area contributed by atoms with Gasteiger partial charge in [-0.05, 0) is 18.9 Å². The average molecular weight is 199 g/mol. The van der Waals surface area contributed by atoms with E-state index in [4.69, 9.17) is 5.73 Å². The fraction of sp³-hybridized carbons (Fsp3) is 1.00. The van der Waals surface area contributed by atoms with E-state index >= 15 is 0 Å². The lowest BCUT2D eigenvalue weighted by atomic mass is 10.0. The van der Waals surface area contributed by atoms with Gasteiger partial charge < -0.3 is 5.73 Å². The molecule has 0 aliphatic heterocycles. The first kappa shape index (κ1) is 14.0. The van der Waals surface area contributed by atoms with E-state index in [0.717, 1.165) is 12.5 Å². The molecule has 1 heteroatoms. The Morgan fingerprint density at radius 2 is 1.36 bits per heavy atom. The number of rotatable bonds is 10. The molecule has 0 amide bonds. The van der Waals surface area contributed by atoms with Gasteiger partial charge in [-0.1, -0.05) is 65.2 Å². The Hall–Kier alpha value is -0.0400. The Balaban J connectivity index is 2.92. The summed E-state index contributed by atoms with van der Waals surface area (Å²) in [6, 6.07) is 0. The molecule has 0 heterocycles. The van der Waals surface area contributed by atoms with Crippen LogP contribution in [0.3, 0.4) is 0 Å². The monoisotopic (exact) mass is 199 g/mol. The van der Waals surface area contributed by atoms with Gasteiger partial charge in [0.1, 0.15) is 0 Å². The molecule has 0 fully saturated rings. The molecule has 0 radical (unpaired) electrons. The topological polar surface area (TPSA) is 26.0 Å². The van der Waals surface area contributed by atoms with Crippen LogP contribution in [0.2, 0.25) is 0 Å². The number of unbranched alkanes of at least 4 members (excludes halogenated alkanes) is 7. The van der Waals surface area contributed by atoms with Gasteiger partial charge in [0, 0.05) is 0 Å². The first-order valence-electron chi connectivity index (χ1n) is 6.51. The van der Waals surface area contributed by atoms with Crippen LogP contribution in [0.15, 0.2) is 0 Å². The Labute approximate surface area is 90.5 Å². The van der Waals surface area contributed by atoms with Gasteiger partial charge in [-0.3, -0.25) is 0 Å². The van der Waals surface area contributed by atoms with Crippen LogP contribution in [-0.4, -0.2) is 6.54 Å². The second kappa shape index (κ2) is 11.0. The molecule has 0 bridgehead atoms. The summed E-state index contributed by atoms with van der Waals surface area (Å²) >= 11 is 0. The summed E-state index contributed by atoms with van der Waals surface area (Å²) in [5, 5.41) is 0. The summed E-state index contributed by atoms with van der Waals surface area (Å²) in [6.45, 7) is 5.38. The Bertz CT molecular complexity index is 101. The molecule has 0 unspecified atom stereocenters. The van der Waals surface area contributed by atoms with Gasteiger partial charge in [0.15, 0.2) is 0 Å². The average Bonchev–Trinajstić information content (AvgIpc) is 2.21. The van der Waals surface area contributed by atoms with E-state index in [0.29, 0.717) is 0 Å². The largest absolute Gasteiger partial charge is 0.330 e. The van der Waals surface area contributed by atoms with E-state index in [9.17, 15) is 0 Å². The van der Waals surface area contributed by atoms with Crippen LogP contribution >= 0.6 is 0 Å². The molecule has 0 spiro atoms. The highest BCUT2D eigenvalue weighted by molar-refractivity contribution is 4.53. The van der Waals surface area contributed by atoms with Crippen molar-refractivity contribution in [1.82, 2.24) is 0 Å². The minimum atomic E-state index is 0.732. The molecular formula is C13H29N. The molecule has 1 nitrogen and oxygen atoms in total. The summed E-state index contributed by atoms with van der Waals surface area (Å²) < 4.78 is 0. The summed E-state index contributed by atoms with van der Waals surface area (Å²) in [5.41, 5.74) is 5.57. The van der Waals surface area contributed by atoms with E-state index in [1.807, 2.05) is 0 Å². The van der Waals surface area contributed by atoms with Crippen molar-refractivity contribution in [3.05, 3.63) is 0 Å². The number of nitrogens with two attached hydrogens (primary N) is 1. The van der Waals surface area contributed by atoms with Crippen molar-refractivity contribution in [3.63, 3.8) is 0 Å². The summed E-state index contributed by atoms with van der Waals surface area (Å²) in [5.74, 6) is 0.732. The van der Waals surface area contributed by atoms with Gasteiger partial charge in [-0.25, -0.2) is 0 Å². The molecule has 1 atom stereocenters. The van der Waals surface area contributed by atoms with E-state index in [2.05, 4.69) is 13.8 Å². The lowest BCUT2D eigenvalue weighted by molar-refractivity contribution is 0.488. The van der Waals surface area contributed by atoms with Gasteiger partial charge in [-0.15, -0.1) is 0 Å². The fourth-order valence-electron chi connectivity index (χ4n) is 1.74. The standard InChI is InChI=1S/C13H29N/c1-3-4-5-6-7-8-9-10-11-13(2)12-14/h13H,3-12,14H2,1-2H3/t13-/m0/s1. The maximum absolute atomic E-state index is 5.57. The van der Waals surface area contributed by atoms with Crippen molar-refractivity contribution in [1.29, 1.82) is 0 Å². The van der Waals surface area contributed by atoms with E-state index in [1.54, 1.807) is 0 Å². The van der Waals surface area contributed by atoms with Crippen LogP contribution in [0, 0.1) is 5.92 Å². The van der Waals surface area contributed by atoms with Crippen LogP contribution < -0.4 is 5.73 Å². The smallest absolute Gasteiger partial charge is 0.00515 e. The van der Waals surface area contributed by atoms with Crippen molar-refractivity contribution in [2.45, 2.75) is 71.6 Å². The van der Waals surface area contributed by atoms with Gasteiger partial charge in [-0.2, -0.15) is 0 Å². The Kier molecular flexibility index (Phi) is 11.0. The third kappa shape index (κ3) is 10.0. The first-order chi connectivity index (χ1) is 6.81. The van der Waals surface area contributed by atoms with Crippen molar-refractivity contribution in [2.75, 3.05) is 6.54 Å². The van der Waals surface area contributed by atoms with Crippen LogP contribution in [0.25, 0.3) is 0 Å². The lowest BCUT2D eigenvalue weighted by Crippen LogP contribution is -2.10. The molecule has 0 rings (SSSR count). The van der Waals surface area contributed by atoms with E-state index in [1.165, 1.54) is 57.8 Å². The minimum absolute atomic E-state index is 0.732. The summed E-state index contributed by atoms with van der Waals surface area (Å²) in [7, 11) is 0. The number of hydrogen-bond donors (Lipinski definition) is 1. The van der Waals surface area contributed by atoms with Crippen molar-refractivity contribution in [2.24, 2.45) is 11.7 Å². The van der Waals surface area contributed by atoms with Gasteiger partial charge in [0.2, 0.25) is 0 Å². The van der Waals surface area contributed by atoms with Crippen LogP contribution in [0.1, 0.15) is 71.6 Å². The zero-order valence-electron chi connectivity index (χ0n) is 10.2. The molecule has 0 aliphatic rings. The second-order valence-corrected chi connectivity index (χ2v) is 4.60. The molecule has 0 saturated carbocycles. The lowest BCUT2D eigenvalue weighted by Gasteiger charge is -2.07. The first-order valence-corrected chi connectivity index (χ1v) is 6.51. The molecule has 0 saturated heterocycles. The predicted octanol–water partition coefficient (Wildman–Crippen LogP) is 4.11. The highest BCUT2D eigenvalue weighted by Crippen LogP contribution is 2.12. The van der Waals surface area contributed by atoms with Crippen LogP contribution in [-0.2, 0) is 0 Å². The zero-order valence-corrected chi connectivity index (χ0v) is 10.2. The summed E-state index contributed by atoms with van der Waals surface area (Å²) in [6.07, 6.45) is 12.7. The summed E-state index contributed by atoms with van der Waals surface area (Å²) in [4.78, 5) is 0. The fourth-order valence-corrected chi connectivity index (χ4v) is 1.74. The molecule has 86 valence electrons. The second-order valence-electron chi connectivity index (χ2n) is 4.60. The van der Waals surface area contributed by atoms with E-state index < -0.39 is 0 Å². The molecule has 0 aliphatic carbocycles. The van der Waals surface area contributed by atoms with Crippen molar-refractivity contribution < 1.29 is 0 Å². The molecule has 14 heavy (non-hydrogen) atoms. The molecule has 0 aromatic heterocycles.